The van der Waals surface area contributed by atoms with E-state index in [0.29, 0.717) is 19.0 Å². The summed E-state index contributed by atoms with van der Waals surface area (Å²) in [6.07, 6.45) is 3.67. The first-order chi connectivity index (χ1) is 13.5. The molecule has 1 aromatic carbocycles. The maximum absolute atomic E-state index is 12.6. The maximum Gasteiger partial charge on any atom is 0.242 e. The van der Waals surface area contributed by atoms with Gasteiger partial charge in [-0.25, -0.2) is 9.97 Å². The maximum atomic E-state index is 12.6. The quantitative estimate of drug-likeness (QED) is 0.754. The average molecular weight is 379 g/mol. The lowest BCUT2D eigenvalue weighted by Crippen LogP contribution is -2.47. The number of aromatic nitrogens is 3. The second kappa shape index (κ2) is 7.69. The van der Waals surface area contributed by atoms with Crippen LogP contribution in [-0.2, 0) is 16.6 Å². The van der Waals surface area contributed by atoms with E-state index in [4.69, 9.17) is 4.74 Å². The molecular formula is C21H25N5O2. The lowest BCUT2D eigenvalue weighted by atomic mass is 10.1. The van der Waals surface area contributed by atoms with Crippen molar-refractivity contribution in [1.29, 1.82) is 0 Å². The third-order valence-electron chi connectivity index (χ3n) is 5.46. The number of anilines is 1. The Morgan fingerprint density at radius 2 is 1.93 bits per heavy atom. The lowest BCUT2D eigenvalue weighted by Gasteiger charge is -2.31. The minimum Gasteiger partial charge on any atom is -0.379 e. The van der Waals surface area contributed by atoms with Crippen molar-refractivity contribution in [2.24, 2.45) is 7.05 Å². The zero-order valence-electron chi connectivity index (χ0n) is 16.5. The summed E-state index contributed by atoms with van der Waals surface area (Å²) >= 11 is 0. The monoisotopic (exact) mass is 379 g/mol. The fourth-order valence-corrected chi connectivity index (χ4v) is 3.50. The third-order valence-corrected chi connectivity index (χ3v) is 5.46. The van der Waals surface area contributed by atoms with Gasteiger partial charge < -0.3 is 14.6 Å². The average Bonchev–Trinajstić information content (AvgIpc) is 3.06. The first kappa shape index (κ1) is 18.6. The van der Waals surface area contributed by atoms with Crippen molar-refractivity contribution in [1.82, 2.24) is 19.4 Å². The number of hydrogen-bond acceptors (Lipinski definition) is 5. The van der Waals surface area contributed by atoms with Gasteiger partial charge in [0.05, 0.1) is 31.1 Å². The number of ether oxygens (including phenoxy) is 1. The van der Waals surface area contributed by atoms with Gasteiger partial charge in [0, 0.05) is 37.3 Å². The summed E-state index contributed by atoms with van der Waals surface area (Å²) in [7, 11) is 2.01. The van der Waals surface area contributed by atoms with E-state index >= 15 is 0 Å². The molecule has 28 heavy (non-hydrogen) atoms. The van der Waals surface area contributed by atoms with Crippen LogP contribution in [0.5, 0.6) is 0 Å². The molecule has 1 saturated heterocycles. The minimum absolute atomic E-state index is 0.0489. The Bertz CT molecular complexity index is 1010. The summed E-state index contributed by atoms with van der Waals surface area (Å²) in [4.78, 5) is 23.5. The number of morpholine rings is 1. The molecule has 1 amide bonds. The smallest absolute Gasteiger partial charge is 0.242 e. The number of amides is 1. The Morgan fingerprint density at radius 1 is 1.14 bits per heavy atom. The molecule has 7 heteroatoms. The molecule has 1 atom stereocenters. The van der Waals surface area contributed by atoms with Crippen LogP contribution in [0.25, 0.3) is 22.0 Å². The van der Waals surface area contributed by atoms with E-state index in [9.17, 15) is 4.79 Å². The fraction of sp³-hybridized carbons (Fsp3) is 0.381. The Labute approximate surface area is 164 Å². The first-order valence-corrected chi connectivity index (χ1v) is 9.54. The minimum atomic E-state index is -0.217. The largest absolute Gasteiger partial charge is 0.379 e. The number of rotatable bonds is 4. The van der Waals surface area contributed by atoms with Gasteiger partial charge in [0.15, 0.2) is 0 Å². The first-order valence-electron chi connectivity index (χ1n) is 9.54. The highest BCUT2D eigenvalue weighted by Crippen LogP contribution is 2.26. The molecule has 0 aliphatic carbocycles. The normalized spacial score (nSPS) is 16.2. The zero-order valence-corrected chi connectivity index (χ0v) is 16.5. The molecule has 3 heterocycles. The van der Waals surface area contributed by atoms with Crippen LogP contribution < -0.4 is 5.32 Å². The fourth-order valence-electron chi connectivity index (χ4n) is 3.50. The second-order valence-electron chi connectivity index (χ2n) is 7.19. The molecule has 1 fully saturated rings. The number of fused-ring (bicyclic) bond motifs is 1. The van der Waals surface area contributed by atoms with Crippen molar-refractivity contribution in [3.05, 3.63) is 42.5 Å². The molecule has 1 N–H and O–H groups in total. The number of carbonyl (C=O) groups excluding carboxylic acids is 1. The molecule has 1 aliphatic heterocycles. The van der Waals surface area contributed by atoms with Crippen molar-refractivity contribution in [3.8, 4) is 11.3 Å². The van der Waals surface area contributed by atoms with E-state index < -0.39 is 0 Å². The van der Waals surface area contributed by atoms with Gasteiger partial charge in [-0.05, 0) is 31.4 Å². The Hall–Kier alpha value is -2.77. The van der Waals surface area contributed by atoms with Gasteiger partial charge in [0.25, 0.3) is 0 Å². The molecule has 4 rings (SSSR count). The molecular weight excluding hydrogens is 354 g/mol. The van der Waals surface area contributed by atoms with E-state index in [2.05, 4.69) is 36.9 Å². The SMILES string of the molecule is Cc1ncc(-c2ccc3cnc(NC(=O)C(C)N4CCOCC4)cc3c2)n1C. The summed E-state index contributed by atoms with van der Waals surface area (Å²) < 4.78 is 7.43. The number of pyridine rings is 1. The van der Waals surface area contributed by atoms with Crippen LogP contribution in [0.1, 0.15) is 12.7 Å². The molecule has 0 bridgehead atoms. The highest BCUT2D eigenvalue weighted by Gasteiger charge is 2.23. The summed E-state index contributed by atoms with van der Waals surface area (Å²) in [5, 5.41) is 5.01. The molecule has 0 saturated carbocycles. The van der Waals surface area contributed by atoms with Crippen LogP contribution in [0.3, 0.4) is 0 Å². The van der Waals surface area contributed by atoms with Gasteiger partial charge >= 0.3 is 0 Å². The van der Waals surface area contributed by atoms with Crippen molar-refractivity contribution in [2.45, 2.75) is 19.9 Å². The molecule has 3 aromatic rings. The van der Waals surface area contributed by atoms with Gasteiger partial charge in [-0.3, -0.25) is 9.69 Å². The van der Waals surface area contributed by atoms with Gasteiger partial charge in [0.1, 0.15) is 11.6 Å². The second-order valence-corrected chi connectivity index (χ2v) is 7.19. The lowest BCUT2D eigenvalue weighted by molar-refractivity contribution is -0.122. The van der Waals surface area contributed by atoms with Crippen molar-refractivity contribution < 1.29 is 9.53 Å². The Balaban J connectivity index is 1.56. The zero-order chi connectivity index (χ0) is 19.7. The van der Waals surface area contributed by atoms with E-state index in [1.54, 1.807) is 6.20 Å². The summed E-state index contributed by atoms with van der Waals surface area (Å²) in [5.41, 5.74) is 2.14. The van der Waals surface area contributed by atoms with Gasteiger partial charge in [-0.2, -0.15) is 0 Å². The van der Waals surface area contributed by atoms with Crippen LogP contribution in [0.15, 0.2) is 36.7 Å². The number of hydrogen-bond donors (Lipinski definition) is 1. The van der Waals surface area contributed by atoms with Crippen molar-refractivity contribution >= 4 is 22.5 Å². The Morgan fingerprint density at radius 3 is 2.64 bits per heavy atom. The van der Waals surface area contributed by atoms with Crippen LogP contribution in [-0.4, -0.2) is 57.7 Å². The van der Waals surface area contributed by atoms with Crippen LogP contribution in [0.4, 0.5) is 5.82 Å². The van der Waals surface area contributed by atoms with Crippen molar-refractivity contribution in [3.63, 3.8) is 0 Å². The van der Waals surface area contributed by atoms with Crippen LogP contribution in [0, 0.1) is 6.92 Å². The molecule has 2 aromatic heterocycles. The molecule has 0 radical (unpaired) electrons. The number of nitrogens with one attached hydrogen (secondary N) is 1. The number of aryl methyl sites for hydroxylation is 1. The van der Waals surface area contributed by atoms with Crippen molar-refractivity contribution in [2.75, 3.05) is 31.6 Å². The molecule has 146 valence electrons. The van der Waals surface area contributed by atoms with Gasteiger partial charge in [-0.1, -0.05) is 12.1 Å². The number of carbonyl (C=O) groups is 1. The van der Waals surface area contributed by atoms with E-state index in [1.807, 2.05) is 39.2 Å². The van der Waals surface area contributed by atoms with Crippen LogP contribution in [0.2, 0.25) is 0 Å². The van der Waals surface area contributed by atoms with Gasteiger partial charge in [0.2, 0.25) is 5.91 Å². The summed E-state index contributed by atoms with van der Waals surface area (Å²) in [5.74, 6) is 1.48. The van der Waals surface area contributed by atoms with Gasteiger partial charge in [-0.15, -0.1) is 0 Å². The standard InChI is InChI=1S/C21H25N5O2/c1-14(26-6-8-28-9-7-26)21(27)24-20-11-18-10-16(4-5-17(18)12-23-20)19-13-22-15(2)25(19)3/h4-5,10-14H,6-9H2,1-3H3,(H,23,24,27). The van der Waals surface area contributed by atoms with E-state index in [1.165, 1.54) is 0 Å². The third kappa shape index (κ3) is 3.63. The van der Waals surface area contributed by atoms with E-state index in [0.717, 1.165) is 40.9 Å². The van der Waals surface area contributed by atoms with E-state index in [-0.39, 0.29) is 11.9 Å². The molecule has 7 nitrogen and oxygen atoms in total. The number of imidazole rings is 1. The number of benzene rings is 1. The summed E-state index contributed by atoms with van der Waals surface area (Å²) in [6, 6.07) is 7.92. The highest BCUT2D eigenvalue weighted by molar-refractivity contribution is 5.96. The molecule has 1 aliphatic rings. The summed E-state index contributed by atoms with van der Waals surface area (Å²) in [6.45, 7) is 6.78. The predicted molar refractivity (Wildman–Crippen MR) is 109 cm³/mol. The molecule has 0 spiro atoms. The Kier molecular flexibility index (Phi) is 5.11. The van der Waals surface area contributed by atoms with Crippen LogP contribution >= 0.6 is 0 Å². The number of nitrogens with zero attached hydrogens (tertiary/aromatic N) is 4. The predicted octanol–water partition coefficient (Wildman–Crippen LogP) is 2.60. The highest BCUT2D eigenvalue weighted by atomic mass is 16.5. The topological polar surface area (TPSA) is 72.3 Å². The molecule has 1 unspecified atom stereocenters.